The lowest BCUT2D eigenvalue weighted by Crippen LogP contribution is -1.94. The summed E-state index contributed by atoms with van der Waals surface area (Å²) in [7, 11) is 0. The van der Waals surface area contributed by atoms with E-state index in [9.17, 15) is 4.79 Å². The van der Waals surface area contributed by atoms with Crippen LogP contribution in [0.2, 0.25) is 0 Å². The third-order valence-electron chi connectivity index (χ3n) is 3.71. The van der Waals surface area contributed by atoms with E-state index < -0.39 is 0 Å². The lowest BCUT2D eigenvalue weighted by atomic mass is 10.1. The smallest absolute Gasteiger partial charge is 0.277 e. The maximum Gasteiger partial charge on any atom is 0.277 e. The van der Waals surface area contributed by atoms with Crippen LogP contribution < -0.4 is 0 Å². The van der Waals surface area contributed by atoms with Crippen LogP contribution in [-0.2, 0) is 0 Å². The number of nitrogens with zero attached hydrogens (tertiary/aromatic N) is 2. The molecule has 0 N–H and O–H groups in total. The fraction of sp³-hybridized carbons (Fsp3) is 0.211. The molecule has 0 fully saturated rings. The normalized spacial score (nSPS) is 12.1. The molecular formula is C19H17BrN2O2S. The Kier molecular flexibility index (Phi) is 6.04. The minimum Gasteiger partial charge on any atom is -0.411 e. The van der Waals surface area contributed by atoms with Crippen LogP contribution >= 0.6 is 27.7 Å². The van der Waals surface area contributed by atoms with E-state index in [0.717, 1.165) is 29.2 Å². The molecule has 1 atom stereocenters. The fourth-order valence-corrected chi connectivity index (χ4v) is 3.97. The summed E-state index contributed by atoms with van der Waals surface area (Å²) in [5.74, 6) is 0.462. The Bertz CT molecular complexity index is 849. The average Bonchev–Trinajstić information content (AvgIpc) is 3.10. The van der Waals surface area contributed by atoms with Crippen molar-refractivity contribution in [3.63, 3.8) is 0 Å². The minimum absolute atomic E-state index is 0.258. The van der Waals surface area contributed by atoms with Gasteiger partial charge in [-0.1, -0.05) is 65.3 Å². The van der Waals surface area contributed by atoms with Gasteiger partial charge in [0, 0.05) is 20.8 Å². The molecule has 0 radical (unpaired) electrons. The molecule has 0 aliphatic heterocycles. The van der Waals surface area contributed by atoms with Gasteiger partial charge in [-0.2, -0.15) is 0 Å². The number of benzene rings is 2. The molecule has 0 amide bonds. The third-order valence-corrected chi connectivity index (χ3v) is 5.37. The standard InChI is InChI=1S/C19H17BrN2O2S/c1-2-4-17(15-5-3-6-16(20)11-15)25-19-22-21-18(24-19)14-9-7-13(12-23)8-10-14/h3,5-12,17H,2,4H2,1H3. The van der Waals surface area contributed by atoms with Crippen LogP contribution in [0, 0.1) is 0 Å². The van der Waals surface area contributed by atoms with E-state index in [2.05, 4.69) is 45.2 Å². The second-order valence-corrected chi connectivity index (χ2v) is 7.63. The molecule has 1 aromatic heterocycles. The van der Waals surface area contributed by atoms with Crippen molar-refractivity contribution in [2.24, 2.45) is 0 Å². The van der Waals surface area contributed by atoms with Crippen LogP contribution in [0.5, 0.6) is 0 Å². The van der Waals surface area contributed by atoms with E-state index >= 15 is 0 Å². The van der Waals surface area contributed by atoms with Crippen molar-refractivity contribution in [3.8, 4) is 11.5 Å². The molecule has 0 aliphatic carbocycles. The zero-order valence-electron chi connectivity index (χ0n) is 13.7. The van der Waals surface area contributed by atoms with E-state index in [4.69, 9.17) is 4.42 Å². The second-order valence-electron chi connectivity index (χ2n) is 5.56. The molecule has 128 valence electrons. The largest absolute Gasteiger partial charge is 0.411 e. The highest BCUT2D eigenvalue weighted by atomic mass is 79.9. The Balaban J connectivity index is 1.79. The monoisotopic (exact) mass is 416 g/mol. The summed E-state index contributed by atoms with van der Waals surface area (Å²) in [6.07, 6.45) is 2.90. The Morgan fingerprint density at radius 3 is 2.68 bits per heavy atom. The lowest BCUT2D eigenvalue weighted by molar-refractivity contribution is 0.112. The first-order valence-corrected chi connectivity index (χ1v) is 9.68. The predicted molar refractivity (Wildman–Crippen MR) is 103 cm³/mol. The molecule has 1 unspecified atom stereocenters. The van der Waals surface area contributed by atoms with Gasteiger partial charge in [-0.05, 0) is 36.2 Å². The summed E-state index contributed by atoms with van der Waals surface area (Å²) in [5, 5.41) is 9.11. The van der Waals surface area contributed by atoms with Gasteiger partial charge in [0.1, 0.15) is 6.29 Å². The molecule has 0 bridgehead atoms. The van der Waals surface area contributed by atoms with Crippen molar-refractivity contribution in [1.82, 2.24) is 10.2 Å². The highest BCUT2D eigenvalue weighted by Gasteiger charge is 2.17. The summed E-state index contributed by atoms with van der Waals surface area (Å²) in [5.41, 5.74) is 2.66. The van der Waals surface area contributed by atoms with Gasteiger partial charge in [0.15, 0.2) is 0 Å². The molecule has 2 aromatic carbocycles. The Labute approximate surface area is 159 Å². The van der Waals surface area contributed by atoms with Gasteiger partial charge >= 0.3 is 0 Å². The van der Waals surface area contributed by atoms with Gasteiger partial charge in [-0.25, -0.2) is 0 Å². The molecule has 4 nitrogen and oxygen atoms in total. The number of aldehydes is 1. The van der Waals surface area contributed by atoms with Crippen LogP contribution in [0.15, 0.2) is 62.6 Å². The van der Waals surface area contributed by atoms with Crippen LogP contribution in [0.1, 0.15) is 40.9 Å². The van der Waals surface area contributed by atoms with Crippen molar-refractivity contribution in [3.05, 3.63) is 64.1 Å². The summed E-state index contributed by atoms with van der Waals surface area (Å²) in [4.78, 5) is 10.7. The van der Waals surface area contributed by atoms with Gasteiger partial charge in [0.2, 0.25) is 5.89 Å². The third kappa shape index (κ3) is 4.58. The number of carbonyl (C=O) groups is 1. The van der Waals surface area contributed by atoms with Crippen LogP contribution in [0.3, 0.4) is 0 Å². The van der Waals surface area contributed by atoms with Crippen molar-refractivity contribution in [2.75, 3.05) is 0 Å². The molecule has 3 rings (SSSR count). The van der Waals surface area contributed by atoms with E-state index in [1.807, 2.05) is 24.3 Å². The van der Waals surface area contributed by atoms with E-state index in [1.54, 1.807) is 23.9 Å². The second kappa shape index (κ2) is 8.45. The summed E-state index contributed by atoms with van der Waals surface area (Å²) >= 11 is 5.11. The maximum absolute atomic E-state index is 10.7. The molecule has 6 heteroatoms. The summed E-state index contributed by atoms with van der Waals surface area (Å²) < 4.78 is 6.88. The number of rotatable bonds is 7. The van der Waals surface area contributed by atoms with Crippen LogP contribution in [-0.4, -0.2) is 16.5 Å². The first kappa shape index (κ1) is 17.9. The molecule has 0 spiro atoms. The quantitative estimate of drug-likeness (QED) is 0.352. The molecule has 0 aliphatic rings. The molecular weight excluding hydrogens is 400 g/mol. The van der Waals surface area contributed by atoms with Crippen molar-refractivity contribution < 1.29 is 9.21 Å². The molecule has 0 saturated carbocycles. The van der Waals surface area contributed by atoms with E-state index in [-0.39, 0.29) is 5.25 Å². The minimum atomic E-state index is 0.258. The van der Waals surface area contributed by atoms with Gasteiger partial charge < -0.3 is 4.42 Å². The number of hydrogen-bond acceptors (Lipinski definition) is 5. The van der Waals surface area contributed by atoms with Crippen molar-refractivity contribution in [1.29, 1.82) is 0 Å². The zero-order chi connectivity index (χ0) is 17.6. The Hall–Kier alpha value is -1.92. The van der Waals surface area contributed by atoms with Gasteiger partial charge in [-0.3, -0.25) is 4.79 Å². The Morgan fingerprint density at radius 1 is 1.20 bits per heavy atom. The SMILES string of the molecule is CCCC(Sc1nnc(-c2ccc(C=O)cc2)o1)c1cccc(Br)c1. The fourth-order valence-electron chi connectivity index (χ4n) is 2.46. The molecule has 1 heterocycles. The number of halogens is 1. The first-order valence-electron chi connectivity index (χ1n) is 8.01. The van der Waals surface area contributed by atoms with E-state index in [1.165, 1.54) is 5.56 Å². The maximum atomic E-state index is 10.7. The number of thioether (sulfide) groups is 1. The highest BCUT2D eigenvalue weighted by molar-refractivity contribution is 9.10. The van der Waals surface area contributed by atoms with E-state index in [0.29, 0.717) is 16.7 Å². The number of hydrogen-bond donors (Lipinski definition) is 0. The van der Waals surface area contributed by atoms with Crippen LogP contribution in [0.25, 0.3) is 11.5 Å². The van der Waals surface area contributed by atoms with Crippen molar-refractivity contribution in [2.45, 2.75) is 30.2 Å². The van der Waals surface area contributed by atoms with Crippen molar-refractivity contribution >= 4 is 34.0 Å². The number of aromatic nitrogens is 2. The average molecular weight is 417 g/mol. The first-order chi connectivity index (χ1) is 12.2. The van der Waals surface area contributed by atoms with Gasteiger partial charge in [-0.15, -0.1) is 10.2 Å². The molecule has 25 heavy (non-hydrogen) atoms. The highest BCUT2D eigenvalue weighted by Crippen LogP contribution is 2.39. The predicted octanol–water partition coefficient (Wildman–Crippen LogP) is 5.95. The zero-order valence-corrected chi connectivity index (χ0v) is 16.1. The molecule has 0 saturated heterocycles. The lowest BCUT2D eigenvalue weighted by Gasteiger charge is -2.14. The topological polar surface area (TPSA) is 56.0 Å². The summed E-state index contributed by atoms with van der Waals surface area (Å²) in [6, 6.07) is 15.4. The van der Waals surface area contributed by atoms with Crippen LogP contribution in [0.4, 0.5) is 0 Å². The summed E-state index contributed by atoms with van der Waals surface area (Å²) in [6.45, 7) is 2.17. The number of carbonyl (C=O) groups excluding carboxylic acids is 1. The van der Waals surface area contributed by atoms with Gasteiger partial charge in [0.25, 0.3) is 5.22 Å². The van der Waals surface area contributed by atoms with Gasteiger partial charge in [0.05, 0.1) is 0 Å². The Morgan fingerprint density at radius 2 is 2.00 bits per heavy atom. The molecule has 3 aromatic rings.